The van der Waals surface area contributed by atoms with Crippen molar-refractivity contribution in [2.24, 2.45) is 0 Å². The second-order valence-electron chi connectivity index (χ2n) is 4.98. The van der Waals surface area contributed by atoms with Gasteiger partial charge in [0.25, 0.3) is 0 Å². The Morgan fingerprint density at radius 2 is 1.96 bits per heavy atom. The summed E-state index contributed by atoms with van der Waals surface area (Å²) in [6.07, 6.45) is 1.74. The average Bonchev–Trinajstić information content (AvgIpc) is 3.03. The SMILES string of the molecule is CC(=O)NCc1ccc(-c2csc(Nc3ccccn3)n2)cc1.Cl. The fourth-order valence-corrected chi connectivity index (χ4v) is 2.76. The molecule has 1 aromatic carbocycles. The lowest BCUT2D eigenvalue weighted by molar-refractivity contribution is -0.119. The van der Waals surface area contributed by atoms with Gasteiger partial charge in [-0.2, -0.15) is 0 Å². The third kappa shape index (κ3) is 4.78. The third-order valence-corrected chi connectivity index (χ3v) is 3.95. The van der Waals surface area contributed by atoms with Gasteiger partial charge in [0.15, 0.2) is 5.13 Å². The molecule has 0 fully saturated rings. The van der Waals surface area contributed by atoms with E-state index in [1.165, 1.54) is 18.3 Å². The minimum Gasteiger partial charge on any atom is -0.352 e. The number of thiazole rings is 1. The Morgan fingerprint density at radius 3 is 2.62 bits per heavy atom. The lowest BCUT2D eigenvalue weighted by Gasteiger charge is -2.03. The zero-order chi connectivity index (χ0) is 16.1. The van der Waals surface area contributed by atoms with Gasteiger partial charge in [-0.25, -0.2) is 9.97 Å². The number of hydrogen-bond acceptors (Lipinski definition) is 5. The van der Waals surface area contributed by atoms with E-state index in [0.29, 0.717) is 6.54 Å². The number of carbonyl (C=O) groups is 1. The number of rotatable bonds is 5. The van der Waals surface area contributed by atoms with Crippen LogP contribution >= 0.6 is 23.7 Å². The topological polar surface area (TPSA) is 66.9 Å². The molecule has 0 radical (unpaired) electrons. The number of nitrogens with one attached hydrogen (secondary N) is 2. The molecule has 1 amide bonds. The molecule has 5 nitrogen and oxygen atoms in total. The fraction of sp³-hybridized carbons (Fsp3) is 0.118. The van der Waals surface area contributed by atoms with Crippen LogP contribution in [0.25, 0.3) is 11.3 Å². The zero-order valence-electron chi connectivity index (χ0n) is 13.0. The maximum atomic E-state index is 10.9. The highest BCUT2D eigenvalue weighted by Crippen LogP contribution is 2.26. The van der Waals surface area contributed by atoms with Crippen LogP contribution in [0.5, 0.6) is 0 Å². The summed E-state index contributed by atoms with van der Waals surface area (Å²) >= 11 is 1.54. The van der Waals surface area contributed by atoms with Crippen LogP contribution < -0.4 is 10.6 Å². The molecule has 2 N–H and O–H groups in total. The molecule has 124 valence electrons. The van der Waals surface area contributed by atoms with E-state index in [9.17, 15) is 4.79 Å². The zero-order valence-corrected chi connectivity index (χ0v) is 14.7. The van der Waals surface area contributed by atoms with E-state index in [1.54, 1.807) is 6.20 Å². The summed E-state index contributed by atoms with van der Waals surface area (Å²) in [4.78, 5) is 19.7. The molecule has 7 heteroatoms. The number of pyridine rings is 1. The number of anilines is 2. The van der Waals surface area contributed by atoms with E-state index in [2.05, 4.69) is 20.6 Å². The Balaban J connectivity index is 0.00000208. The molecule has 0 saturated heterocycles. The summed E-state index contributed by atoms with van der Waals surface area (Å²) in [7, 11) is 0. The molecular weight excluding hydrogens is 344 g/mol. The third-order valence-electron chi connectivity index (χ3n) is 3.20. The predicted molar refractivity (Wildman–Crippen MR) is 99.8 cm³/mol. The highest BCUT2D eigenvalue weighted by molar-refractivity contribution is 7.14. The van der Waals surface area contributed by atoms with Crippen LogP contribution in [-0.4, -0.2) is 15.9 Å². The van der Waals surface area contributed by atoms with E-state index in [-0.39, 0.29) is 18.3 Å². The monoisotopic (exact) mass is 360 g/mol. The summed E-state index contributed by atoms with van der Waals surface area (Å²) in [6, 6.07) is 13.7. The van der Waals surface area contributed by atoms with E-state index in [4.69, 9.17) is 0 Å². The molecule has 0 bridgehead atoms. The van der Waals surface area contributed by atoms with Crippen molar-refractivity contribution in [1.82, 2.24) is 15.3 Å². The fourth-order valence-electron chi connectivity index (χ4n) is 2.03. The molecule has 0 aliphatic rings. The molecule has 2 aromatic heterocycles. The van der Waals surface area contributed by atoms with Gasteiger partial charge in [0, 0.05) is 30.6 Å². The smallest absolute Gasteiger partial charge is 0.217 e. The molecule has 0 spiro atoms. The van der Waals surface area contributed by atoms with Crippen LogP contribution in [0.4, 0.5) is 10.9 Å². The van der Waals surface area contributed by atoms with Crippen LogP contribution in [0, 0.1) is 0 Å². The lowest BCUT2D eigenvalue weighted by atomic mass is 10.1. The van der Waals surface area contributed by atoms with Gasteiger partial charge >= 0.3 is 0 Å². The van der Waals surface area contributed by atoms with Gasteiger partial charge in [0.1, 0.15) is 5.82 Å². The molecule has 0 unspecified atom stereocenters. The molecular formula is C17H17ClN4OS. The van der Waals surface area contributed by atoms with Crippen LogP contribution in [0.2, 0.25) is 0 Å². The highest BCUT2D eigenvalue weighted by atomic mass is 35.5. The predicted octanol–water partition coefficient (Wildman–Crippen LogP) is 4.01. The maximum absolute atomic E-state index is 10.9. The Morgan fingerprint density at radius 1 is 1.17 bits per heavy atom. The first-order valence-electron chi connectivity index (χ1n) is 7.18. The summed E-state index contributed by atoms with van der Waals surface area (Å²) in [5, 5.41) is 8.78. The lowest BCUT2D eigenvalue weighted by Crippen LogP contribution is -2.18. The van der Waals surface area contributed by atoms with Crippen molar-refractivity contribution in [3.05, 3.63) is 59.6 Å². The molecule has 0 atom stereocenters. The molecule has 24 heavy (non-hydrogen) atoms. The first kappa shape index (κ1) is 17.9. The van der Waals surface area contributed by atoms with Gasteiger partial charge in [0.05, 0.1) is 5.69 Å². The summed E-state index contributed by atoms with van der Waals surface area (Å²) < 4.78 is 0. The standard InChI is InChI=1S/C17H16N4OS.ClH/c1-12(22)19-10-13-5-7-14(8-6-13)15-11-23-17(20-15)21-16-4-2-3-9-18-16;/h2-9,11H,10H2,1H3,(H,19,22)(H,18,20,21);1H. The first-order chi connectivity index (χ1) is 11.2. The number of hydrogen-bond donors (Lipinski definition) is 2. The number of carbonyl (C=O) groups excluding carboxylic acids is 1. The number of nitrogens with zero attached hydrogens (tertiary/aromatic N) is 2. The van der Waals surface area contributed by atoms with Crippen molar-refractivity contribution in [3.8, 4) is 11.3 Å². The molecule has 3 aromatic rings. The molecule has 2 heterocycles. The van der Waals surface area contributed by atoms with Crippen LogP contribution in [0.3, 0.4) is 0 Å². The first-order valence-corrected chi connectivity index (χ1v) is 8.06. The van der Waals surface area contributed by atoms with Crippen LogP contribution in [0.15, 0.2) is 54.0 Å². The quantitative estimate of drug-likeness (QED) is 0.721. The van der Waals surface area contributed by atoms with Crippen molar-refractivity contribution in [2.45, 2.75) is 13.5 Å². The van der Waals surface area contributed by atoms with E-state index in [1.807, 2.05) is 47.8 Å². The minimum absolute atomic E-state index is 0. The van der Waals surface area contributed by atoms with Gasteiger partial charge in [-0.1, -0.05) is 30.3 Å². The molecule has 0 saturated carbocycles. The Bertz CT molecular complexity index is 790. The Labute approximate surface area is 150 Å². The van der Waals surface area contributed by atoms with E-state index in [0.717, 1.165) is 27.8 Å². The second-order valence-corrected chi connectivity index (χ2v) is 5.84. The largest absolute Gasteiger partial charge is 0.352 e. The average molecular weight is 361 g/mol. The highest BCUT2D eigenvalue weighted by Gasteiger charge is 2.05. The number of aromatic nitrogens is 2. The van der Waals surface area contributed by atoms with Crippen molar-refractivity contribution in [2.75, 3.05) is 5.32 Å². The number of benzene rings is 1. The van der Waals surface area contributed by atoms with Gasteiger partial charge in [-0.15, -0.1) is 23.7 Å². The number of halogens is 1. The van der Waals surface area contributed by atoms with Gasteiger partial charge in [-0.3, -0.25) is 4.79 Å². The summed E-state index contributed by atoms with van der Waals surface area (Å²) in [6.45, 7) is 2.05. The van der Waals surface area contributed by atoms with Crippen molar-refractivity contribution < 1.29 is 4.79 Å². The Kier molecular flexibility index (Phi) is 6.28. The van der Waals surface area contributed by atoms with Crippen molar-refractivity contribution >= 4 is 40.6 Å². The molecule has 3 rings (SSSR count). The second kappa shape index (κ2) is 8.42. The van der Waals surface area contributed by atoms with Crippen molar-refractivity contribution in [3.63, 3.8) is 0 Å². The van der Waals surface area contributed by atoms with Gasteiger partial charge < -0.3 is 10.6 Å². The molecule has 0 aliphatic carbocycles. The number of amides is 1. The van der Waals surface area contributed by atoms with Gasteiger partial charge in [0.2, 0.25) is 5.91 Å². The van der Waals surface area contributed by atoms with Crippen molar-refractivity contribution in [1.29, 1.82) is 0 Å². The maximum Gasteiger partial charge on any atom is 0.217 e. The summed E-state index contributed by atoms with van der Waals surface area (Å²) in [5.41, 5.74) is 3.02. The summed E-state index contributed by atoms with van der Waals surface area (Å²) in [5.74, 6) is 0.748. The van der Waals surface area contributed by atoms with E-state index < -0.39 is 0 Å². The Hall–Kier alpha value is -2.44. The minimum atomic E-state index is -0.0289. The molecule has 0 aliphatic heterocycles. The van der Waals surface area contributed by atoms with Crippen LogP contribution in [-0.2, 0) is 11.3 Å². The normalized spacial score (nSPS) is 9.88. The van der Waals surface area contributed by atoms with Gasteiger partial charge in [-0.05, 0) is 17.7 Å². The van der Waals surface area contributed by atoms with Crippen LogP contribution in [0.1, 0.15) is 12.5 Å². The van der Waals surface area contributed by atoms with E-state index >= 15 is 0 Å².